The van der Waals surface area contributed by atoms with Crippen molar-refractivity contribution in [1.82, 2.24) is 9.88 Å². The smallest absolute Gasteiger partial charge is 0.128 e. The van der Waals surface area contributed by atoms with Crippen molar-refractivity contribution in [3.8, 4) is 0 Å². The van der Waals surface area contributed by atoms with Crippen molar-refractivity contribution in [3.05, 3.63) is 35.7 Å². The lowest BCUT2D eigenvalue weighted by molar-refractivity contribution is 0.376. The van der Waals surface area contributed by atoms with Crippen LogP contribution in [0.15, 0.2) is 35.1 Å². The first-order valence-electron chi connectivity index (χ1n) is 7.37. The van der Waals surface area contributed by atoms with E-state index in [2.05, 4.69) is 45.8 Å². The summed E-state index contributed by atoms with van der Waals surface area (Å²) in [5, 5.41) is 0. The highest BCUT2D eigenvalue weighted by molar-refractivity contribution is 5.84. The van der Waals surface area contributed by atoms with Crippen LogP contribution < -0.4 is 4.90 Å². The van der Waals surface area contributed by atoms with Crippen LogP contribution in [0.2, 0.25) is 0 Å². The first-order valence-corrected chi connectivity index (χ1v) is 7.37. The van der Waals surface area contributed by atoms with Gasteiger partial charge in [-0.05, 0) is 31.9 Å². The molecule has 0 N–H and O–H groups in total. The number of aliphatic imine (C=N–C) groups is 1. The second kappa shape index (κ2) is 5.65. The predicted octanol–water partition coefficient (Wildman–Crippen LogP) is 2.61. The fraction of sp³-hybridized carbons (Fsp3) is 0.500. The Labute approximate surface area is 120 Å². The van der Waals surface area contributed by atoms with E-state index in [0.717, 1.165) is 44.8 Å². The minimum absolute atomic E-state index is 1.03. The minimum Gasteiger partial charge on any atom is -0.357 e. The highest BCUT2D eigenvalue weighted by Crippen LogP contribution is 2.18. The van der Waals surface area contributed by atoms with Gasteiger partial charge in [-0.1, -0.05) is 11.6 Å². The topological polar surface area (TPSA) is 31.7 Å². The van der Waals surface area contributed by atoms with Crippen LogP contribution in [0, 0.1) is 6.92 Å². The third kappa shape index (κ3) is 2.84. The van der Waals surface area contributed by atoms with Gasteiger partial charge in [0.15, 0.2) is 0 Å². The number of piperazine rings is 1. The van der Waals surface area contributed by atoms with Gasteiger partial charge in [-0.15, -0.1) is 0 Å². The van der Waals surface area contributed by atoms with E-state index in [1.54, 1.807) is 0 Å². The lowest BCUT2D eigenvalue weighted by Crippen LogP contribution is -2.49. The molecule has 1 saturated heterocycles. The molecule has 4 heteroatoms. The average Bonchev–Trinajstić information content (AvgIpc) is 2.49. The van der Waals surface area contributed by atoms with Gasteiger partial charge in [-0.2, -0.15) is 0 Å². The summed E-state index contributed by atoms with van der Waals surface area (Å²) < 4.78 is 0. The molecule has 1 aromatic heterocycles. The van der Waals surface area contributed by atoms with Crippen molar-refractivity contribution in [1.29, 1.82) is 0 Å². The summed E-state index contributed by atoms with van der Waals surface area (Å²) in [5.41, 5.74) is 2.60. The number of pyridine rings is 1. The number of aromatic nitrogens is 1. The second-order valence-electron chi connectivity index (χ2n) is 5.69. The molecular weight excluding hydrogens is 248 g/mol. The molecule has 0 amide bonds. The predicted molar refractivity (Wildman–Crippen MR) is 83.2 cm³/mol. The molecule has 0 aliphatic carbocycles. The number of aryl methyl sites for hydroxylation is 1. The number of allylic oxidation sites excluding steroid dienone is 1. The van der Waals surface area contributed by atoms with E-state index in [0.29, 0.717) is 0 Å². The zero-order chi connectivity index (χ0) is 13.9. The van der Waals surface area contributed by atoms with Crippen LogP contribution in [0.4, 0.5) is 5.82 Å². The van der Waals surface area contributed by atoms with Crippen LogP contribution in [-0.4, -0.2) is 41.9 Å². The molecule has 1 aromatic rings. The van der Waals surface area contributed by atoms with Gasteiger partial charge in [0.2, 0.25) is 0 Å². The van der Waals surface area contributed by atoms with Crippen LogP contribution in [-0.2, 0) is 0 Å². The largest absolute Gasteiger partial charge is 0.357 e. The summed E-state index contributed by atoms with van der Waals surface area (Å²) in [7, 11) is 0. The summed E-state index contributed by atoms with van der Waals surface area (Å²) in [4.78, 5) is 13.9. The Kier molecular flexibility index (Phi) is 3.72. The van der Waals surface area contributed by atoms with E-state index in [4.69, 9.17) is 0 Å². The van der Waals surface area contributed by atoms with Crippen molar-refractivity contribution in [2.24, 2.45) is 4.99 Å². The molecule has 2 aliphatic heterocycles. The van der Waals surface area contributed by atoms with Crippen LogP contribution in [0.25, 0.3) is 0 Å². The van der Waals surface area contributed by atoms with E-state index in [9.17, 15) is 0 Å². The zero-order valence-electron chi connectivity index (χ0n) is 12.3. The summed E-state index contributed by atoms with van der Waals surface area (Å²) in [6.07, 6.45) is 6.21. The van der Waals surface area contributed by atoms with Crippen LogP contribution in [0.1, 0.15) is 25.3 Å². The maximum atomic E-state index is 4.59. The van der Waals surface area contributed by atoms with Crippen LogP contribution in [0.5, 0.6) is 0 Å². The summed E-state index contributed by atoms with van der Waals surface area (Å²) in [5.74, 6) is 2.35. The van der Waals surface area contributed by atoms with Gasteiger partial charge < -0.3 is 9.80 Å². The molecule has 3 heterocycles. The molecule has 0 saturated carbocycles. The van der Waals surface area contributed by atoms with Gasteiger partial charge in [0, 0.05) is 45.0 Å². The van der Waals surface area contributed by atoms with Crippen molar-refractivity contribution >= 4 is 11.7 Å². The van der Waals surface area contributed by atoms with Crippen molar-refractivity contribution < 1.29 is 0 Å². The zero-order valence-corrected chi connectivity index (χ0v) is 12.3. The molecule has 1 fully saturated rings. The number of anilines is 1. The highest BCUT2D eigenvalue weighted by Gasteiger charge is 2.21. The number of rotatable bonds is 1. The van der Waals surface area contributed by atoms with Gasteiger partial charge in [0.25, 0.3) is 0 Å². The molecule has 0 aromatic carbocycles. The first kappa shape index (κ1) is 13.2. The summed E-state index contributed by atoms with van der Waals surface area (Å²) in [6, 6.07) is 4.25. The summed E-state index contributed by atoms with van der Waals surface area (Å²) in [6.45, 7) is 8.37. The minimum atomic E-state index is 1.03. The molecule has 20 heavy (non-hydrogen) atoms. The fourth-order valence-corrected chi connectivity index (χ4v) is 2.70. The number of amidine groups is 1. The van der Waals surface area contributed by atoms with Gasteiger partial charge in [0.1, 0.15) is 11.7 Å². The van der Waals surface area contributed by atoms with Gasteiger partial charge in [-0.3, -0.25) is 0 Å². The maximum absolute atomic E-state index is 4.59. The normalized spacial score (nSPS) is 19.7. The third-order valence-corrected chi connectivity index (χ3v) is 4.04. The molecular formula is C16H22N4. The van der Waals surface area contributed by atoms with Crippen LogP contribution >= 0.6 is 0 Å². The highest BCUT2D eigenvalue weighted by atomic mass is 15.3. The molecule has 0 bridgehead atoms. The van der Waals surface area contributed by atoms with Gasteiger partial charge in [-0.25, -0.2) is 9.98 Å². The SMILES string of the molecule is CC1=CN=C(N2CCN(c3ccc(C)cn3)CC2)CC1. The quantitative estimate of drug-likeness (QED) is 0.786. The Balaban J connectivity index is 1.61. The molecule has 3 rings (SSSR count). The van der Waals surface area contributed by atoms with Crippen molar-refractivity contribution in [2.75, 3.05) is 31.1 Å². The van der Waals surface area contributed by atoms with Gasteiger partial charge >= 0.3 is 0 Å². The molecule has 0 atom stereocenters. The van der Waals surface area contributed by atoms with E-state index < -0.39 is 0 Å². The van der Waals surface area contributed by atoms with Crippen molar-refractivity contribution in [3.63, 3.8) is 0 Å². The Morgan fingerprint density at radius 1 is 0.950 bits per heavy atom. The molecule has 106 valence electrons. The maximum Gasteiger partial charge on any atom is 0.128 e. The molecule has 0 radical (unpaired) electrons. The fourth-order valence-electron chi connectivity index (χ4n) is 2.70. The Morgan fingerprint density at radius 2 is 1.70 bits per heavy atom. The first-order chi connectivity index (χ1) is 9.72. The molecule has 4 nitrogen and oxygen atoms in total. The van der Waals surface area contributed by atoms with Crippen molar-refractivity contribution in [2.45, 2.75) is 26.7 Å². The standard InChI is InChI=1S/C16H22N4/c1-13-3-5-15(17-11-13)19-7-9-20(10-8-19)16-6-4-14(2)12-18-16/h3,5,11-12H,4,6-10H2,1-2H3. The third-order valence-electron chi connectivity index (χ3n) is 4.04. The molecule has 0 spiro atoms. The number of hydrogen-bond donors (Lipinski definition) is 0. The van der Waals surface area contributed by atoms with Gasteiger partial charge in [0.05, 0.1) is 0 Å². The van der Waals surface area contributed by atoms with E-state index in [1.807, 2.05) is 12.4 Å². The van der Waals surface area contributed by atoms with Crippen LogP contribution in [0.3, 0.4) is 0 Å². The number of hydrogen-bond acceptors (Lipinski definition) is 4. The lowest BCUT2D eigenvalue weighted by Gasteiger charge is -2.37. The lowest BCUT2D eigenvalue weighted by atomic mass is 10.1. The Bertz CT molecular complexity index is 522. The number of nitrogens with zero attached hydrogens (tertiary/aromatic N) is 4. The average molecular weight is 270 g/mol. The molecule has 0 unspecified atom stereocenters. The monoisotopic (exact) mass is 270 g/mol. The van der Waals surface area contributed by atoms with E-state index in [1.165, 1.54) is 17.0 Å². The summed E-state index contributed by atoms with van der Waals surface area (Å²) >= 11 is 0. The molecule has 2 aliphatic rings. The van der Waals surface area contributed by atoms with E-state index >= 15 is 0 Å². The second-order valence-corrected chi connectivity index (χ2v) is 5.69. The Morgan fingerprint density at radius 3 is 2.30 bits per heavy atom. The van der Waals surface area contributed by atoms with E-state index in [-0.39, 0.29) is 0 Å². The Hall–Kier alpha value is -1.84.